The van der Waals surface area contributed by atoms with Crippen molar-refractivity contribution in [3.63, 3.8) is 0 Å². The Morgan fingerprint density at radius 1 is 1.43 bits per heavy atom. The van der Waals surface area contributed by atoms with E-state index in [2.05, 4.69) is 5.32 Å². The van der Waals surface area contributed by atoms with Gasteiger partial charge in [-0.15, -0.1) is 0 Å². The third kappa shape index (κ3) is 4.82. The fraction of sp³-hybridized carbons (Fsp3) is 0.462. The Morgan fingerprint density at radius 2 is 2.05 bits per heavy atom. The third-order valence-corrected chi connectivity index (χ3v) is 4.63. The maximum atomic E-state index is 11.8. The van der Waals surface area contributed by atoms with E-state index in [0.29, 0.717) is 5.75 Å². The molecule has 0 saturated carbocycles. The number of phenols is 1. The first kappa shape index (κ1) is 17.1. The van der Waals surface area contributed by atoms with E-state index in [0.717, 1.165) is 12.1 Å². The lowest BCUT2D eigenvalue weighted by Gasteiger charge is -2.17. The Balaban J connectivity index is 2.63. The summed E-state index contributed by atoms with van der Waals surface area (Å²) in [6.45, 7) is 5.76. The van der Waals surface area contributed by atoms with Gasteiger partial charge in [-0.05, 0) is 32.9 Å². The van der Waals surface area contributed by atoms with Crippen LogP contribution >= 0.6 is 0 Å². The van der Waals surface area contributed by atoms with Gasteiger partial charge in [-0.3, -0.25) is 19.1 Å². The van der Waals surface area contributed by atoms with Crippen LogP contribution in [-0.4, -0.2) is 37.2 Å². The standard InChI is InChI=1S/C13H18N2O5S/c1-13(2,3)21(20)7-6-14-12(17)9-4-5-10(15(18)19)11(16)8-9/h4-5,8,16H,6-7H2,1-3H3,(H,14,17)/t21-/m1/s1. The van der Waals surface area contributed by atoms with Crippen LogP contribution in [0.4, 0.5) is 5.69 Å². The molecule has 116 valence electrons. The molecule has 0 aliphatic rings. The van der Waals surface area contributed by atoms with Gasteiger partial charge in [0.2, 0.25) is 0 Å². The minimum absolute atomic E-state index is 0.111. The average molecular weight is 314 g/mol. The second kappa shape index (κ2) is 6.66. The Kier molecular flexibility index (Phi) is 5.42. The average Bonchev–Trinajstić information content (AvgIpc) is 2.36. The van der Waals surface area contributed by atoms with Gasteiger partial charge in [0.1, 0.15) is 0 Å². The van der Waals surface area contributed by atoms with Crippen LogP contribution in [0.2, 0.25) is 0 Å². The Labute approximate surface area is 125 Å². The largest absolute Gasteiger partial charge is 0.502 e. The van der Waals surface area contributed by atoms with Crippen molar-refractivity contribution in [2.24, 2.45) is 0 Å². The summed E-state index contributed by atoms with van der Waals surface area (Å²) in [6, 6.07) is 3.36. The molecule has 0 unspecified atom stereocenters. The van der Waals surface area contributed by atoms with Crippen molar-refractivity contribution in [3.05, 3.63) is 33.9 Å². The van der Waals surface area contributed by atoms with Gasteiger partial charge in [-0.25, -0.2) is 0 Å². The van der Waals surface area contributed by atoms with E-state index in [1.165, 1.54) is 6.07 Å². The molecule has 0 heterocycles. The van der Waals surface area contributed by atoms with Crippen LogP contribution in [0, 0.1) is 10.1 Å². The number of nitrogens with one attached hydrogen (secondary N) is 1. The summed E-state index contributed by atoms with van der Waals surface area (Å²) >= 11 is 0. The van der Waals surface area contributed by atoms with Gasteiger partial charge < -0.3 is 10.4 Å². The monoisotopic (exact) mass is 314 g/mol. The quantitative estimate of drug-likeness (QED) is 0.633. The molecule has 0 saturated heterocycles. The number of amides is 1. The lowest BCUT2D eigenvalue weighted by molar-refractivity contribution is -0.385. The fourth-order valence-electron chi connectivity index (χ4n) is 1.48. The van der Waals surface area contributed by atoms with E-state index in [1.54, 1.807) is 0 Å². The molecule has 2 N–H and O–H groups in total. The van der Waals surface area contributed by atoms with Crippen molar-refractivity contribution in [2.75, 3.05) is 12.3 Å². The van der Waals surface area contributed by atoms with Gasteiger partial charge in [0.15, 0.2) is 5.75 Å². The summed E-state index contributed by atoms with van der Waals surface area (Å²) in [5, 5.41) is 22.6. The van der Waals surface area contributed by atoms with Gasteiger partial charge >= 0.3 is 5.69 Å². The molecule has 1 aromatic rings. The van der Waals surface area contributed by atoms with Crippen molar-refractivity contribution in [2.45, 2.75) is 25.5 Å². The highest BCUT2D eigenvalue weighted by molar-refractivity contribution is 7.86. The Bertz CT molecular complexity index is 580. The van der Waals surface area contributed by atoms with Gasteiger partial charge in [-0.1, -0.05) is 0 Å². The van der Waals surface area contributed by atoms with E-state index in [4.69, 9.17) is 0 Å². The first-order chi connectivity index (χ1) is 9.62. The number of rotatable bonds is 5. The van der Waals surface area contributed by atoms with Crippen molar-refractivity contribution in [3.8, 4) is 5.75 Å². The number of carbonyl (C=O) groups is 1. The number of hydrogen-bond donors (Lipinski definition) is 2. The van der Waals surface area contributed by atoms with Crippen molar-refractivity contribution >= 4 is 22.4 Å². The summed E-state index contributed by atoms with van der Waals surface area (Å²) in [5.41, 5.74) is -0.347. The molecule has 0 aliphatic carbocycles. The summed E-state index contributed by atoms with van der Waals surface area (Å²) in [6.07, 6.45) is 0. The Morgan fingerprint density at radius 3 is 2.52 bits per heavy atom. The van der Waals surface area contributed by atoms with Gasteiger partial charge in [0, 0.05) is 39.5 Å². The van der Waals surface area contributed by atoms with Crippen LogP contribution in [0.5, 0.6) is 5.75 Å². The molecule has 1 aromatic carbocycles. The SMILES string of the molecule is CC(C)(C)[S@](=O)CCNC(=O)c1ccc([N+](=O)[O-])c(O)c1. The summed E-state index contributed by atoms with van der Waals surface area (Å²) in [4.78, 5) is 21.6. The molecule has 0 spiro atoms. The number of carbonyl (C=O) groups excluding carboxylic acids is 1. The maximum absolute atomic E-state index is 11.8. The first-order valence-electron chi connectivity index (χ1n) is 6.27. The fourth-order valence-corrected chi connectivity index (χ4v) is 2.38. The van der Waals surface area contributed by atoms with Gasteiger partial charge in [-0.2, -0.15) is 0 Å². The molecular formula is C13H18N2O5S. The van der Waals surface area contributed by atoms with Crippen LogP contribution in [0.3, 0.4) is 0 Å². The number of nitro benzene ring substituents is 1. The highest BCUT2D eigenvalue weighted by Gasteiger charge is 2.19. The molecular weight excluding hydrogens is 296 g/mol. The number of nitrogens with zero attached hydrogens (tertiary/aromatic N) is 1. The molecule has 7 nitrogen and oxygen atoms in total. The predicted octanol–water partition coefficient (Wildman–Crippen LogP) is 1.58. The summed E-state index contributed by atoms with van der Waals surface area (Å²) in [5.74, 6) is -0.731. The summed E-state index contributed by atoms with van der Waals surface area (Å²) < 4.78 is 11.5. The molecule has 0 aliphatic heterocycles. The number of benzene rings is 1. The zero-order valence-corrected chi connectivity index (χ0v) is 12.9. The van der Waals surface area contributed by atoms with E-state index < -0.39 is 33.1 Å². The van der Waals surface area contributed by atoms with Crippen molar-refractivity contribution in [1.29, 1.82) is 0 Å². The topological polar surface area (TPSA) is 110 Å². The van der Waals surface area contributed by atoms with Gasteiger partial charge in [0.05, 0.1) is 4.92 Å². The normalized spacial score (nSPS) is 12.7. The zero-order chi connectivity index (χ0) is 16.2. The lowest BCUT2D eigenvalue weighted by Crippen LogP contribution is -2.32. The lowest BCUT2D eigenvalue weighted by atomic mass is 10.2. The highest BCUT2D eigenvalue weighted by Crippen LogP contribution is 2.26. The number of hydrogen-bond acceptors (Lipinski definition) is 5. The van der Waals surface area contributed by atoms with E-state index in [9.17, 15) is 24.2 Å². The Hall–Kier alpha value is -1.96. The molecule has 1 rings (SSSR count). The second-order valence-electron chi connectivity index (χ2n) is 5.38. The molecule has 1 amide bonds. The molecule has 0 bridgehead atoms. The third-order valence-electron chi connectivity index (χ3n) is 2.69. The van der Waals surface area contributed by atoms with Crippen LogP contribution in [0.15, 0.2) is 18.2 Å². The first-order valence-corrected chi connectivity index (χ1v) is 7.59. The molecule has 21 heavy (non-hydrogen) atoms. The molecule has 8 heteroatoms. The minimum Gasteiger partial charge on any atom is -0.502 e. The smallest absolute Gasteiger partial charge is 0.310 e. The van der Waals surface area contributed by atoms with Crippen LogP contribution in [-0.2, 0) is 10.8 Å². The predicted molar refractivity (Wildman–Crippen MR) is 79.9 cm³/mol. The number of phenolic OH excluding ortho intramolecular Hbond substituents is 1. The van der Waals surface area contributed by atoms with Crippen LogP contribution in [0.25, 0.3) is 0 Å². The molecule has 0 aromatic heterocycles. The van der Waals surface area contributed by atoms with Crippen molar-refractivity contribution in [1.82, 2.24) is 5.32 Å². The highest BCUT2D eigenvalue weighted by atomic mass is 32.2. The second-order valence-corrected chi connectivity index (χ2v) is 7.70. The van der Waals surface area contributed by atoms with Gasteiger partial charge in [0.25, 0.3) is 5.91 Å². The molecule has 0 radical (unpaired) electrons. The molecule has 1 atom stereocenters. The van der Waals surface area contributed by atoms with E-state index in [1.807, 2.05) is 20.8 Å². The maximum Gasteiger partial charge on any atom is 0.310 e. The van der Waals surface area contributed by atoms with Crippen LogP contribution in [0.1, 0.15) is 31.1 Å². The summed E-state index contributed by atoms with van der Waals surface area (Å²) in [7, 11) is -1.08. The minimum atomic E-state index is -1.08. The van der Waals surface area contributed by atoms with Crippen LogP contribution < -0.4 is 5.32 Å². The number of aromatic hydroxyl groups is 1. The van der Waals surface area contributed by atoms with Crippen molar-refractivity contribution < 1.29 is 19.0 Å². The molecule has 0 fully saturated rings. The number of nitro groups is 1. The van der Waals surface area contributed by atoms with E-state index >= 15 is 0 Å². The zero-order valence-electron chi connectivity index (χ0n) is 12.1. The van der Waals surface area contributed by atoms with E-state index in [-0.39, 0.29) is 16.9 Å².